The largest absolute Gasteiger partial charge is 0.355 e. The van der Waals surface area contributed by atoms with Crippen molar-refractivity contribution in [2.24, 2.45) is 0 Å². The Morgan fingerprint density at radius 2 is 2.05 bits per heavy atom. The van der Waals surface area contributed by atoms with Crippen molar-refractivity contribution in [1.82, 2.24) is 15.2 Å². The minimum absolute atomic E-state index is 0.119. The summed E-state index contributed by atoms with van der Waals surface area (Å²) in [5.41, 5.74) is 1.25. The normalized spacial score (nSPS) is 10.7. The van der Waals surface area contributed by atoms with Gasteiger partial charge in [-0.05, 0) is 37.6 Å². The Bertz CT molecular complexity index is 354. The second kappa shape index (κ2) is 9.50. The van der Waals surface area contributed by atoms with Gasteiger partial charge in [0.15, 0.2) is 0 Å². The van der Waals surface area contributed by atoms with Crippen LogP contribution in [0.25, 0.3) is 0 Å². The molecule has 0 atom stereocenters. The molecule has 1 N–H and O–H groups in total. The van der Waals surface area contributed by atoms with Crippen LogP contribution >= 0.6 is 0 Å². The van der Waals surface area contributed by atoms with E-state index in [-0.39, 0.29) is 5.91 Å². The average Bonchev–Trinajstić information content (AvgIpc) is 2.42. The smallest absolute Gasteiger partial charge is 0.234 e. The summed E-state index contributed by atoms with van der Waals surface area (Å²) < 4.78 is 0. The van der Waals surface area contributed by atoms with Crippen molar-refractivity contribution in [2.75, 3.05) is 26.7 Å². The molecule has 0 aliphatic carbocycles. The van der Waals surface area contributed by atoms with Gasteiger partial charge in [0.2, 0.25) is 5.91 Å². The SMILES string of the molecule is CCCCCNC(=O)CN(C)CCc1ccncc1. The first kappa shape index (κ1) is 15.6. The van der Waals surface area contributed by atoms with E-state index >= 15 is 0 Å². The predicted octanol–water partition coefficient (Wildman–Crippen LogP) is 1.86. The van der Waals surface area contributed by atoms with Gasteiger partial charge in [-0.3, -0.25) is 14.7 Å². The Kier molecular flexibility index (Phi) is 7.82. The molecule has 1 heterocycles. The van der Waals surface area contributed by atoms with Crippen LogP contribution in [0.1, 0.15) is 31.7 Å². The molecule has 0 aliphatic rings. The maximum absolute atomic E-state index is 11.7. The minimum atomic E-state index is 0.119. The average molecular weight is 263 g/mol. The number of rotatable bonds is 9. The molecule has 0 spiro atoms. The first-order valence-electron chi connectivity index (χ1n) is 7.06. The fourth-order valence-corrected chi connectivity index (χ4v) is 1.85. The quantitative estimate of drug-likeness (QED) is 0.692. The monoisotopic (exact) mass is 263 g/mol. The number of hydrogen-bond acceptors (Lipinski definition) is 3. The van der Waals surface area contributed by atoms with Gasteiger partial charge in [0.1, 0.15) is 0 Å². The van der Waals surface area contributed by atoms with Crippen molar-refractivity contribution in [1.29, 1.82) is 0 Å². The lowest BCUT2D eigenvalue weighted by Crippen LogP contribution is -2.36. The molecule has 1 rings (SSSR count). The number of pyridine rings is 1. The van der Waals surface area contributed by atoms with Crippen LogP contribution in [0.5, 0.6) is 0 Å². The molecule has 0 bridgehead atoms. The Morgan fingerprint density at radius 1 is 1.32 bits per heavy atom. The van der Waals surface area contributed by atoms with E-state index < -0.39 is 0 Å². The summed E-state index contributed by atoms with van der Waals surface area (Å²) in [5, 5.41) is 2.96. The lowest BCUT2D eigenvalue weighted by molar-refractivity contribution is -0.121. The number of carbonyl (C=O) groups excluding carboxylic acids is 1. The molecule has 1 aromatic heterocycles. The zero-order valence-electron chi connectivity index (χ0n) is 12.1. The molecule has 19 heavy (non-hydrogen) atoms. The van der Waals surface area contributed by atoms with Gasteiger partial charge in [-0.1, -0.05) is 19.8 Å². The van der Waals surface area contributed by atoms with E-state index in [0.29, 0.717) is 6.54 Å². The highest BCUT2D eigenvalue weighted by Crippen LogP contribution is 1.98. The van der Waals surface area contributed by atoms with Crippen LogP contribution in [-0.4, -0.2) is 42.5 Å². The van der Waals surface area contributed by atoms with Gasteiger partial charge in [-0.15, -0.1) is 0 Å². The molecule has 0 aromatic carbocycles. The maximum atomic E-state index is 11.7. The zero-order valence-corrected chi connectivity index (χ0v) is 12.1. The van der Waals surface area contributed by atoms with Gasteiger partial charge in [0, 0.05) is 25.5 Å². The highest BCUT2D eigenvalue weighted by atomic mass is 16.2. The second-order valence-electron chi connectivity index (χ2n) is 4.90. The lowest BCUT2D eigenvalue weighted by Gasteiger charge is -2.16. The van der Waals surface area contributed by atoms with Crippen molar-refractivity contribution in [3.05, 3.63) is 30.1 Å². The molecule has 106 valence electrons. The number of nitrogens with one attached hydrogen (secondary N) is 1. The molecule has 1 amide bonds. The summed E-state index contributed by atoms with van der Waals surface area (Å²) in [6.07, 6.45) is 7.98. The Labute approximate surface area is 116 Å². The summed E-state index contributed by atoms with van der Waals surface area (Å²) in [7, 11) is 1.98. The number of unbranched alkanes of at least 4 members (excludes halogenated alkanes) is 2. The van der Waals surface area contributed by atoms with Crippen LogP contribution < -0.4 is 5.32 Å². The molecule has 4 nitrogen and oxygen atoms in total. The molecule has 0 saturated heterocycles. The number of aromatic nitrogens is 1. The number of carbonyl (C=O) groups is 1. The fraction of sp³-hybridized carbons (Fsp3) is 0.600. The number of likely N-dealkylation sites (N-methyl/N-ethyl adjacent to an activating group) is 1. The van der Waals surface area contributed by atoms with E-state index in [4.69, 9.17) is 0 Å². The lowest BCUT2D eigenvalue weighted by atomic mass is 10.2. The van der Waals surface area contributed by atoms with Gasteiger partial charge in [0.25, 0.3) is 0 Å². The molecular formula is C15H25N3O. The number of hydrogen-bond donors (Lipinski definition) is 1. The molecule has 1 aromatic rings. The summed E-state index contributed by atoms with van der Waals surface area (Å²) in [4.78, 5) is 17.7. The van der Waals surface area contributed by atoms with Gasteiger partial charge in [-0.2, -0.15) is 0 Å². The standard InChI is InChI=1S/C15H25N3O/c1-3-4-5-9-17-15(19)13-18(2)12-8-14-6-10-16-11-7-14/h6-7,10-11H,3-5,8-9,12-13H2,1-2H3,(H,17,19). The van der Waals surface area contributed by atoms with Crippen molar-refractivity contribution >= 4 is 5.91 Å². The second-order valence-corrected chi connectivity index (χ2v) is 4.90. The highest BCUT2D eigenvalue weighted by molar-refractivity contribution is 5.77. The third-order valence-corrected chi connectivity index (χ3v) is 3.05. The van der Waals surface area contributed by atoms with Crippen molar-refractivity contribution in [3.63, 3.8) is 0 Å². The van der Waals surface area contributed by atoms with Crippen molar-refractivity contribution < 1.29 is 4.79 Å². The summed E-state index contributed by atoms with van der Waals surface area (Å²) in [6, 6.07) is 4.03. The van der Waals surface area contributed by atoms with E-state index in [2.05, 4.69) is 22.1 Å². The van der Waals surface area contributed by atoms with E-state index in [1.165, 1.54) is 18.4 Å². The summed E-state index contributed by atoms with van der Waals surface area (Å²) in [6.45, 7) is 4.31. The predicted molar refractivity (Wildman–Crippen MR) is 78.0 cm³/mol. The van der Waals surface area contributed by atoms with Gasteiger partial charge >= 0.3 is 0 Å². The Hall–Kier alpha value is -1.42. The van der Waals surface area contributed by atoms with E-state index in [0.717, 1.165) is 25.9 Å². The van der Waals surface area contributed by atoms with Crippen LogP contribution in [-0.2, 0) is 11.2 Å². The van der Waals surface area contributed by atoms with E-state index in [9.17, 15) is 4.79 Å². The molecule has 0 fully saturated rings. The zero-order chi connectivity index (χ0) is 13.9. The van der Waals surface area contributed by atoms with Crippen LogP contribution in [0.3, 0.4) is 0 Å². The molecule has 0 unspecified atom stereocenters. The van der Waals surface area contributed by atoms with Crippen molar-refractivity contribution in [3.8, 4) is 0 Å². The van der Waals surface area contributed by atoms with Crippen LogP contribution in [0, 0.1) is 0 Å². The third kappa shape index (κ3) is 7.57. The first-order valence-corrected chi connectivity index (χ1v) is 7.06. The molecular weight excluding hydrogens is 238 g/mol. The summed E-state index contributed by atoms with van der Waals surface area (Å²) >= 11 is 0. The van der Waals surface area contributed by atoms with Crippen LogP contribution in [0.2, 0.25) is 0 Å². The minimum Gasteiger partial charge on any atom is -0.355 e. The molecule has 0 saturated carbocycles. The van der Waals surface area contributed by atoms with E-state index in [1.807, 2.05) is 19.2 Å². The first-order chi connectivity index (χ1) is 9.22. The summed E-state index contributed by atoms with van der Waals surface area (Å²) in [5.74, 6) is 0.119. The van der Waals surface area contributed by atoms with Gasteiger partial charge in [-0.25, -0.2) is 0 Å². The molecule has 0 aliphatic heterocycles. The van der Waals surface area contributed by atoms with Gasteiger partial charge < -0.3 is 5.32 Å². The van der Waals surface area contributed by atoms with Gasteiger partial charge in [0.05, 0.1) is 6.54 Å². The molecule has 0 radical (unpaired) electrons. The topological polar surface area (TPSA) is 45.2 Å². The third-order valence-electron chi connectivity index (χ3n) is 3.05. The van der Waals surface area contributed by atoms with E-state index in [1.54, 1.807) is 12.4 Å². The fourth-order valence-electron chi connectivity index (χ4n) is 1.85. The highest BCUT2D eigenvalue weighted by Gasteiger charge is 2.05. The number of amides is 1. The van der Waals surface area contributed by atoms with Crippen LogP contribution in [0.4, 0.5) is 0 Å². The van der Waals surface area contributed by atoms with Crippen LogP contribution in [0.15, 0.2) is 24.5 Å². The Morgan fingerprint density at radius 3 is 2.74 bits per heavy atom. The molecule has 4 heteroatoms. The number of nitrogens with zero attached hydrogens (tertiary/aromatic N) is 2. The van der Waals surface area contributed by atoms with Crippen molar-refractivity contribution in [2.45, 2.75) is 32.6 Å². The Balaban J connectivity index is 2.13. The maximum Gasteiger partial charge on any atom is 0.234 e.